The number of halogens is 9. The van der Waals surface area contributed by atoms with Crippen molar-refractivity contribution in [3.63, 3.8) is 0 Å². The van der Waals surface area contributed by atoms with E-state index in [9.17, 15) is 39.5 Å². The standard InChI is InChI=1S/3C8H11F3O2.Ru/c3*1-7(2,3)5(12)4-6(13)8(9,10)11;/h3*4,13H,1-3H3;/q;;;+3/p+3/b3*6-4-;. The second-order valence-corrected chi connectivity index (χ2v) is 11.0. The summed E-state index contributed by atoms with van der Waals surface area (Å²) < 4.78 is 106. The van der Waals surface area contributed by atoms with E-state index in [1.54, 1.807) is 0 Å². The Morgan fingerprint density at radius 3 is 0.625 bits per heavy atom. The van der Waals surface area contributed by atoms with Crippen LogP contribution in [-0.2, 0) is 19.5 Å². The Morgan fingerprint density at radius 2 is 0.550 bits per heavy atom. The van der Waals surface area contributed by atoms with Crippen molar-refractivity contribution in [3.05, 3.63) is 35.5 Å². The molecule has 0 rings (SSSR count). The zero-order chi connectivity index (χ0) is 32.6. The van der Waals surface area contributed by atoms with Crippen LogP contribution in [0.3, 0.4) is 0 Å². The smallest absolute Gasteiger partial charge is 0.504 e. The number of alkyl halides is 9. The third kappa shape index (κ3) is 20.5. The first-order valence-electron chi connectivity index (χ1n) is 10.8. The molecule has 6 N–H and O–H groups in total. The largest absolute Gasteiger partial charge is 3.00 e. The quantitative estimate of drug-likeness (QED) is 0.0922. The first kappa shape index (κ1) is 44.6. The minimum absolute atomic E-state index is 0. The maximum atomic E-state index is 11.8. The molecule has 0 bridgehead atoms. The van der Waals surface area contributed by atoms with Gasteiger partial charge in [-0.2, -0.15) is 39.5 Å². The maximum Gasteiger partial charge on any atom is 3.00 e. The van der Waals surface area contributed by atoms with Gasteiger partial charge in [0, 0.05) is 0 Å². The zero-order valence-corrected chi connectivity index (χ0v) is 24.9. The Hall–Kier alpha value is -2.38. The number of aliphatic hydroxyl groups is 3. The minimum Gasteiger partial charge on any atom is -0.504 e. The summed E-state index contributed by atoms with van der Waals surface area (Å²) in [5, 5.41) is 25.4. The fourth-order valence-corrected chi connectivity index (χ4v) is 1.28. The molecule has 0 saturated carbocycles. The van der Waals surface area contributed by atoms with Crippen molar-refractivity contribution in [2.75, 3.05) is 0 Å². The predicted octanol–water partition coefficient (Wildman–Crippen LogP) is 7.74. The number of aliphatic hydroxyl groups excluding tert-OH is 3. The Bertz CT molecular complexity index is 829. The van der Waals surface area contributed by atoms with Gasteiger partial charge < -0.3 is 15.3 Å². The van der Waals surface area contributed by atoms with Crippen molar-refractivity contribution in [3.8, 4) is 0 Å². The second kappa shape index (κ2) is 15.6. The summed E-state index contributed by atoms with van der Waals surface area (Å²) in [5.41, 5.74) is -2.42. The van der Waals surface area contributed by atoms with E-state index < -0.39 is 69.4 Å². The van der Waals surface area contributed by atoms with Gasteiger partial charge >= 0.3 is 55.4 Å². The van der Waals surface area contributed by atoms with E-state index in [1.807, 2.05) is 0 Å². The molecule has 0 aliphatic rings. The molecule has 0 atom stereocenters. The molecule has 0 aliphatic heterocycles. The molecule has 233 valence electrons. The summed E-state index contributed by atoms with van der Waals surface area (Å²) >= 11 is 0. The van der Waals surface area contributed by atoms with Crippen molar-refractivity contribution < 1.29 is 88.7 Å². The molecule has 0 fully saturated rings. The number of carbonyl (C=O) groups excluding carboxylic acids is 3. The average Bonchev–Trinajstić information content (AvgIpc) is 2.64. The van der Waals surface area contributed by atoms with E-state index >= 15 is 0 Å². The molecule has 0 aromatic rings. The normalized spacial score (nSPS) is 14.1. The number of rotatable bonds is 3. The Balaban J connectivity index is -0.000000240. The van der Waals surface area contributed by atoms with Crippen LogP contribution in [0.15, 0.2) is 35.5 Å². The van der Waals surface area contributed by atoms with E-state index in [0.717, 1.165) is 0 Å². The van der Waals surface area contributed by atoms with Crippen molar-refractivity contribution in [2.45, 2.75) is 80.8 Å². The summed E-state index contributed by atoms with van der Waals surface area (Å²) in [5.74, 6) is -6.91. The van der Waals surface area contributed by atoms with Crippen molar-refractivity contribution >= 4 is 17.3 Å². The van der Waals surface area contributed by atoms with Crippen LogP contribution in [0, 0.1) is 16.2 Å². The van der Waals surface area contributed by atoms with E-state index in [4.69, 9.17) is 29.7 Å². The van der Waals surface area contributed by atoms with Crippen LogP contribution in [0.25, 0.3) is 0 Å². The summed E-state index contributed by atoms with van der Waals surface area (Å²) in [6.07, 6.45) is -13.5. The monoisotopic (exact) mass is 693 g/mol. The maximum absolute atomic E-state index is 11.8. The minimum atomic E-state index is -4.81. The third-order valence-corrected chi connectivity index (χ3v) is 4.00. The van der Waals surface area contributed by atoms with Gasteiger partial charge in [0.2, 0.25) is 17.3 Å². The Kier molecular flexibility index (Phi) is 17.4. The van der Waals surface area contributed by atoms with Gasteiger partial charge in [0.1, 0.15) is 0 Å². The van der Waals surface area contributed by atoms with Gasteiger partial charge in [-0.05, 0) is 62.3 Å². The van der Waals surface area contributed by atoms with E-state index in [-0.39, 0.29) is 19.5 Å². The van der Waals surface area contributed by atoms with Crippen molar-refractivity contribution in [1.29, 1.82) is 0 Å². The number of ketones is 3. The van der Waals surface area contributed by atoms with E-state index in [0.29, 0.717) is 18.2 Å². The molecule has 0 spiro atoms. The Morgan fingerprint density at radius 1 is 0.425 bits per heavy atom. The fraction of sp³-hybridized carbons (Fsp3) is 0.625. The first-order chi connectivity index (χ1) is 16.6. The second-order valence-electron chi connectivity index (χ2n) is 11.0. The zero-order valence-electron chi connectivity index (χ0n) is 23.2. The summed E-state index contributed by atoms with van der Waals surface area (Å²) in [4.78, 5) is 27.3. The molecule has 0 amide bonds. The van der Waals surface area contributed by atoms with Gasteiger partial charge in [0.25, 0.3) is 0 Å². The van der Waals surface area contributed by atoms with E-state index in [1.165, 1.54) is 62.3 Å². The molecular formula is C24H36F9O6Ru+6. The molecule has 0 saturated heterocycles. The number of hydrogen-bond donors (Lipinski definition) is 3. The Labute approximate surface area is 238 Å². The van der Waals surface area contributed by atoms with Crippen molar-refractivity contribution in [2.24, 2.45) is 16.2 Å². The summed E-state index contributed by atoms with van der Waals surface area (Å²) in [6, 6.07) is 0. The van der Waals surface area contributed by atoms with Gasteiger partial charge in [0.05, 0.1) is 34.5 Å². The molecule has 40 heavy (non-hydrogen) atoms. The third-order valence-electron chi connectivity index (χ3n) is 4.00. The molecule has 6 nitrogen and oxygen atoms in total. The fourth-order valence-electron chi connectivity index (χ4n) is 1.28. The van der Waals surface area contributed by atoms with Crippen LogP contribution >= 0.6 is 0 Å². The van der Waals surface area contributed by atoms with Crippen LogP contribution in [0.5, 0.6) is 0 Å². The number of hydrogen-bond acceptors (Lipinski definition) is 3. The molecule has 1 radical (unpaired) electrons. The van der Waals surface area contributed by atoms with Crippen LogP contribution in [0.1, 0.15) is 62.3 Å². The van der Waals surface area contributed by atoms with Gasteiger partial charge in [0.15, 0.2) is 0 Å². The van der Waals surface area contributed by atoms with Crippen molar-refractivity contribution in [1.82, 2.24) is 0 Å². The summed E-state index contributed by atoms with van der Waals surface area (Å²) in [6.45, 7) is 13.8. The van der Waals surface area contributed by atoms with Crippen LogP contribution < -0.4 is 0 Å². The molecule has 16 heteroatoms. The SMILES string of the molecule is CC(C)(C)C(=[OH+])/C=C(\O)C(F)(F)F.CC(C)(C)C(=[OH+])/C=C(\O)C(F)(F)F.CC(C)(C)C(=[OH+])/C=C(\O)C(F)(F)F.[Ru+3]. The van der Waals surface area contributed by atoms with Crippen LogP contribution in [0.2, 0.25) is 0 Å². The van der Waals surface area contributed by atoms with Gasteiger partial charge in [-0.1, -0.05) is 0 Å². The molecular weight excluding hydrogens is 656 g/mol. The molecule has 0 aliphatic carbocycles. The predicted molar refractivity (Wildman–Crippen MR) is 129 cm³/mol. The molecule has 0 aromatic carbocycles. The van der Waals surface area contributed by atoms with E-state index in [2.05, 4.69) is 0 Å². The first-order valence-corrected chi connectivity index (χ1v) is 10.8. The van der Waals surface area contributed by atoms with Crippen LogP contribution in [-0.4, -0.2) is 65.6 Å². The summed E-state index contributed by atoms with van der Waals surface area (Å²) in [7, 11) is 0. The molecule has 0 unspecified atom stereocenters. The van der Waals surface area contributed by atoms with Crippen LogP contribution in [0.4, 0.5) is 39.5 Å². The molecule has 0 heterocycles. The van der Waals surface area contributed by atoms with Gasteiger partial charge in [-0.15, -0.1) is 0 Å². The van der Waals surface area contributed by atoms with Gasteiger partial charge in [-0.25, -0.2) is 0 Å². The van der Waals surface area contributed by atoms with Gasteiger partial charge in [-0.3, -0.25) is 14.4 Å². The topological polar surface area (TPSA) is 125 Å². The average molecular weight is 693 g/mol. The number of allylic oxidation sites excluding steroid dienone is 6. The molecule has 0 aromatic heterocycles.